The average Bonchev–Trinajstić information content (AvgIpc) is 3.06. The lowest BCUT2D eigenvalue weighted by Gasteiger charge is -2.09. The van der Waals surface area contributed by atoms with Crippen molar-refractivity contribution in [3.8, 4) is 11.6 Å². The molecule has 0 saturated carbocycles. The number of fused-ring (bicyclic) bond motifs is 2. The van der Waals surface area contributed by atoms with Crippen molar-refractivity contribution in [1.82, 2.24) is 19.9 Å². The number of hydrogen-bond donors (Lipinski definition) is 1. The molecular formula is C14H9BrN4O. The molecule has 0 radical (unpaired) electrons. The predicted molar refractivity (Wildman–Crippen MR) is 78.6 cm³/mol. The summed E-state index contributed by atoms with van der Waals surface area (Å²) in [6.07, 6.45) is 8.21. The molecule has 1 aromatic carbocycles. The van der Waals surface area contributed by atoms with Gasteiger partial charge in [-0.1, -0.05) is 28.1 Å². The molecule has 1 aliphatic rings. The first-order chi connectivity index (χ1) is 9.81. The molecule has 2 aromatic heterocycles. The second-order valence-electron chi connectivity index (χ2n) is 4.46. The standard InChI is InChI=1S/C14H9BrN4O/c15-11-5-9(4-8-2-1-3-10(8)11)20-14-12-13(17-6-16-12)18-7-19-14/h1-2,4-7H,3H2,(H,16,17,18,19). The second kappa shape index (κ2) is 4.42. The van der Waals surface area contributed by atoms with Gasteiger partial charge in [0, 0.05) is 4.47 Å². The van der Waals surface area contributed by atoms with Gasteiger partial charge in [0.1, 0.15) is 17.6 Å². The van der Waals surface area contributed by atoms with Crippen molar-refractivity contribution in [3.63, 3.8) is 0 Å². The van der Waals surface area contributed by atoms with Crippen LogP contribution in [0, 0.1) is 0 Å². The molecule has 98 valence electrons. The predicted octanol–water partition coefficient (Wildman–Crippen LogP) is 3.48. The van der Waals surface area contributed by atoms with Crippen molar-refractivity contribution in [3.05, 3.63) is 46.5 Å². The van der Waals surface area contributed by atoms with Gasteiger partial charge in [0.25, 0.3) is 0 Å². The highest BCUT2D eigenvalue weighted by Gasteiger charge is 2.13. The van der Waals surface area contributed by atoms with Gasteiger partial charge in [-0.15, -0.1) is 0 Å². The lowest BCUT2D eigenvalue weighted by Crippen LogP contribution is -1.93. The third kappa shape index (κ3) is 1.80. The molecule has 0 unspecified atom stereocenters. The zero-order valence-electron chi connectivity index (χ0n) is 10.3. The molecule has 5 nitrogen and oxygen atoms in total. The third-order valence-corrected chi connectivity index (χ3v) is 3.93. The van der Waals surface area contributed by atoms with Crippen molar-refractivity contribution in [2.75, 3.05) is 0 Å². The number of imidazole rings is 1. The Kier molecular flexibility index (Phi) is 2.56. The zero-order chi connectivity index (χ0) is 13.5. The maximum atomic E-state index is 5.87. The maximum absolute atomic E-state index is 5.87. The number of hydrogen-bond acceptors (Lipinski definition) is 4. The monoisotopic (exact) mass is 328 g/mol. The van der Waals surface area contributed by atoms with E-state index in [1.54, 1.807) is 6.33 Å². The first-order valence-corrected chi connectivity index (χ1v) is 6.91. The maximum Gasteiger partial charge on any atom is 0.248 e. The van der Waals surface area contributed by atoms with Crippen LogP contribution in [0.15, 0.2) is 35.3 Å². The number of aromatic nitrogens is 4. The minimum atomic E-state index is 0.473. The zero-order valence-corrected chi connectivity index (χ0v) is 11.9. The minimum absolute atomic E-state index is 0.473. The molecule has 0 atom stereocenters. The summed E-state index contributed by atoms with van der Waals surface area (Å²) in [4.78, 5) is 15.3. The van der Waals surface area contributed by atoms with Crippen LogP contribution in [-0.2, 0) is 6.42 Å². The van der Waals surface area contributed by atoms with Crippen LogP contribution < -0.4 is 4.74 Å². The van der Waals surface area contributed by atoms with Gasteiger partial charge >= 0.3 is 0 Å². The fourth-order valence-electron chi connectivity index (χ4n) is 2.29. The lowest BCUT2D eigenvalue weighted by molar-refractivity contribution is 0.466. The van der Waals surface area contributed by atoms with Gasteiger partial charge in [0.05, 0.1) is 6.33 Å². The summed E-state index contributed by atoms with van der Waals surface area (Å²) < 4.78 is 6.92. The van der Waals surface area contributed by atoms with E-state index in [0.29, 0.717) is 17.0 Å². The van der Waals surface area contributed by atoms with Gasteiger partial charge in [-0.2, -0.15) is 4.98 Å². The molecule has 0 fully saturated rings. The fraction of sp³-hybridized carbons (Fsp3) is 0.0714. The van der Waals surface area contributed by atoms with Crippen molar-refractivity contribution >= 4 is 33.2 Å². The van der Waals surface area contributed by atoms with E-state index in [9.17, 15) is 0 Å². The number of nitrogens with one attached hydrogen (secondary N) is 1. The quantitative estimate of drug-likeness (QED) is 0.782. The molecule has 2 heterocycles. The van der Waals surface area contributed by atoms with E-state index >= 15 is 0 Å². The van der Waals surface area contributed by atoms with Crippen LogP contribution >= 0.6 is 15.9 Å². The minimum Gasteiger partial charge on any atom is -0.437 e. The number of allylic oxidation sites excluding steroid dienone is 1. The highest BCUT2D eigenvalue weighted by Crippen LogP contribution is 2.34. The molecular weight excluding hydrogens is 320 g/mol. The van der Waals surface area contributed by atoms with Gasteiger partial charge < -0.3 is 9.72 Å². The molecule has 0 bridgehead atoms. The van der Waals surface area contributed by atoms with Gasteiger partial charge in [0.15, 0.2) is 5.65 Å². The average molecular weight is 329 g/mol. The van der Waals surface area contributed by atoms with Crippen molar-refractivity contribution in [2.45, 2.75) is 6.42 Å². The summed E-state index contributed by atoms with van der Waals surface area (Å²) in [5.74, 6) is 1.21. The molecule has 0 spiro atoms. The number of benzene rings is 1. The summed E-state index contributed by atoms with van der Waals surface area (Å²) in [7, 11) is 0. The highest BCUT2D eigenvalue weighted by molar-refractivity contribution is 9.10. The van der Waals surface area contributed by atoms with Gasteiger partial charge in [-0.05, 0) is 29.7 Å². The Morgan fingerprint density at radius 1 is 1.20 bits per heavy atom. The molecule has 1 aliphatic carbocycles. The largest absolute Gasteiger partial charge is 0.437 e. The molecule has 6 heteroatoms. The van der Waals surface area contributed by atoms with E-state index in [0.717, 1.165) is 16.6 Å². The lowest BCUT2D eigenvalue weighted by atomic mass is 10.1. The molecule has 0 aliphatic heterocycles. The second-order valence-corrected chi connectivity index (χ2v) is 5.32. The van der Waals surface area contributed by atoms with E-state index in [1.807, 2.05) is 12.1 Å². The van der Waals surface area contributed by atoms with Crippen LogP contribution in [0.4, 0.5) is 0 Å². The Balaban J connectivity index is 1.78. The SMILES string of the molecule is Brc1cc(Oc2ncnc3nc[nH]c23)cc2c1CC=C2. The Morgan fingerprint density at radius 2 is 2.15 bits per heavy atom. The van der Waals surface area contributed by atoms with Crippen LogP contribution in [0.1, 0.15) is 11.1 Å². The van der Waals surface area contributed by atoms with Crippen LogP contribution in [0.2, 0.25) is 0 Å². The van der Waals surface area contributed by atoms with E-state index in [1.165, 1.54) is 17.5 Å². The number of nitrogens with zero attached hydrogens (tertiary/aromatic N) is 3. The van der Waals surface area contributed by atoms with Crippen molar-refractivity contribution in [1.29, 1.82) is 0 Å². The van der Waals surface area contributed by atoms with Gasteiger partial charge in [0.2, 0.25) is 5.88 Å². The van der Waals surface area contributed by atoms with Gasteiger partial charge in [-0.25, -0.2) is 9.97 Å². The summed E-state index contributed by atoms with van der Waals surface area (Å²) >= 11 is 3.58. The topological polar surface area (TPSA) is 63.7 Å². The van der Waals surface area contributed by atoms with Crippen molar-refractivity contribution < 1.29 is 4.74 Å². The van der Waals surface area contributed by atoms with Crippen LogP contribution in [0.25, 0.3) is 17.2 Å². The number of rotatable bonds is 2. The third-order valence-electron chi connectivity index (χ3n) is 3.23. The van der Waals surface area contributed by atoms with Crippen LogP contribution in [-0.4, -0.2) is 19.9 Å². The summed E-state index contributed by atoms with van der Waals surface area (Å²) in [6.45, 7) is 0. The number of halogens is 1. The first kappa shape index (κ1) is 11.6. The number of ether oxygens (including phenoxy) is 1. The summed E-state index contributed by atoms with van der Waals surface area (Å²) in [6, 6.07) is 3.96. The van der Waals surface area contributed by atoms with E-state index < -0.39 is 0 Å². The van der Waals surface area contributed by atoms with Gasteiger partial charge in [-0.3, -0.25) is 0 Å². The Morgan fingerprint density at radius 3 is 3.10 bits per heavy atom. The normalized spacial score (nSPS) is 12.8. The first-order valence-electron chi connectivity index (χ1n) is 6.12. The molecule has 1 N–H and O–H groups in total. The molecule has 0 saturated heterocycles. The highest BCUT2D eigenvalue weighted by atomic mass is 79.9. The van der Waals surface area contributed by atoms with Crippen LogP contribution in [0.5, 0.6) is 11.6 Å². The van der Waals surface area contributed by atoms with E-state index in [2.05, 4.69) is 48.0 Å². The molecule has 20 heavy (non-hydrogen) atoms. The summed E-state index contributed by atoms with van der Waals surface area (Å²) in [5, 5.41) is 0. The Bertz CT molecular complexity index is 840. The summed E-state index contributed by atoms with van der Waals surface area (Å²) in [5.41, 5.74) is 3.74. The molecule has 4 rings (SSSR count). The van der Waals surface area contributed by atoms with E-state index in [4.69, 9.17) is 4.74 Å². The Labute approximate surface area is 122 Å². The number of H-pyrrole nitrogens is 1. The fourth-order valence-corrected chi connectivity index (χ4v) is 2.91. The van der Waals surface area contributed by atoms with Crippen LogP contribution in [0.3, 0.4) is 0 Å². The molecule has 0 amide bonds. The smallest absolute Gasteiger partial charge is 0.248 e. The van der Waals surface area contributed by atoms with E-state index in [-0.39, 0.29) is 0 Å². The molecule has 3 aromatic rings. The number of aromatic amines is 1. The Hall–Kier alpha value is -2.21. The van der Waals surface area contributed by atoms with Crippen molar-refractivity contribution in [2.24, 2.45) is 0 Å².